The molecule has 144 valence electrons. The Morgan fingerprint density at radius 1 is 1.31 bits per heavy atom. The Morgan fingerprint density at radius 3 is 2.50 bits per heavy atom. The summed E-state index contributed by atoms with van der Waals surface area (Å²) < 4.78 is 5.64. The fourth-order valence-corrected chi connectivity index (χ4v) is 5.47. The van der Waals surface area contributed by atoms with Gasteiger partial charge >= 0.3 is 11.9 Å². The van der Waals surface area contributed by atoms with Crippen molar-refractivity contribution in [3.63, 3.8) is 0 Å². The van der Waals surface area contributed by atoms with E-state index < -0.39 is 17.5 Å². The van der Waals surface area contributed by atoms with E-state index in [4.69, 9.17) is 4.74 Å². The summed E-state index contributed by atoms with van der Waals surface area (Å²) in [5, 5.41) is 10.0. The molecule has 0 bridgehead atoms. The average Bonchev–Trinajstić information content (AvgIpc) is 2.52. The SMILES string of the molecule is C=C/C(C)=C\C[C@H]1C(=C)C[C@H](OC(C)=O)[C@H]2[C@]1(C)CCC[C@]2(C)C(=O)O. The number of carbonyl (C=O) groups is 2. The van der Waals surface area contributed by atoms with E-state index in [-0.39, 0.29) is 23.2 Å². The van der Waals surface area contributed by atoms with Gasteiger partial charge in [0.1, 0.15) is 6.10 Å². The van der Waals surface area contributed by atoms with Gasteiger partial charge in [-0.05, 0) is 44.4 Å². The van der Waals surface area contributed by atoms with E-state index in [1.165, 1.54) is 6.92 Å². The van der Waals surface area contributed by atoms with Crippen molar-refractivity contribution in [3.05, 3.63) is 36.5 Å². The number of allylic oxidation sites excluding steroid dienone is 3. The van der Waals surface area contributed by atoms with Crippen molar-refractivity contribution < 1.29 is 19.4 Å². The molecule has 2 rings (SSSR count). The van der Waals surface area contributed by atoms with Crippen LogP contribution in [0.2, 0.25) is 0 Å². The standard InChI is InChI=1S/C22H32O4/c1-7-14(2)9-10-17-15(3)13-18(26-16(4)23)19-21(17,5)11-8-12-22(19,6)20(24)25/h7,9,17-19H,1,3,8,10-13H2,2,4-6H3,(H,24,25)/b14-9-/t17-,18-,19-,21+,22-/m0/s1. The van der Waals surface area contributed by atoms with E-state index in [2.05, 4.69) is 26.2 Å². The third kappa shape index (κ3) is 3.51. The molecule has 5 atom stereocenters. The number of carboxylic acids is 1. The van der Waals surface area contributed by atoms with Crippen LogP contribution in [0.5, 0.6) is 0 Å². The molecule has 0 saturated heterocycles. The largest absolute Gasteiger partial charge is 0.481 e. The molecule has 4 nitrogen and oxygen atoms in total. The van der Waals surface area contributed by atoms with Gasteiger partial charge in [0.25, 0.3) is 0 Å². The zero-order chi connectivity index (χ0) is 19.7. The molecule has 0 aromatic carbocycles. The van der Waals surface area contributed by atoms with Gasteiger partial charge in [0.05, 0.1) is 5.41 Å². The van der Waals surface area contributed by atoms with E-state index in [9.17, 15) is 14.7 Å². The van der Waals surface area contributed by atoms with E-state index in [1.807, 2.05) is 19.9 Å². The monoisotopic (exact) mass is 360 g/mol. The van der Waals surface area contributed by atoms with Crippen LogP contribution in [0.1, 0.15) is 59.8 Å². The van der Waals surface area contributed by atoms with E-state index in [0.717, 1.165) is 30.4 Å². The smallest absolute Gasteiger partial charge is 0.309 e. The summed E-state index contributed by atoms with van der Waals surface area (Å²) in [5.41, 5.74) is 0.997. The first-order valence-electron chi connectivity index (χ1n) is 9.43. The fourth-order valence-electron chi connectivity index (χ4n) is 5.47. The minimum atomic E-state index is -0.900. The third-order valence-electron chi connectivity index (χ3n) is 6.74. The number of ether oxygens (including phenoxy) is 1. The van der Waals surface area contributed by atoms with Crippen molar-refractivity contribution in [2.75, 3.05) is 0 Å². The highest BCUT2D eigenvalue weighted by Gasteiger charge is 2.61. The molecule has 2 fully saturated rings. The molecule has 0 aromatic heterocycles. The summed E-state index contributed by atoms with van der Waals surface area (Å²) in [7, 11) is 0. The zero-order valence-corrected chi connectivity index (χ0v) is 16.5. The van der Waals surface area contributed by atoms with Gasteiger partial charge in [-0.2, -0.15) is 0 Å². The maximum absolute atomic E-state index is 12.2. The minimum Gasteiger partial charge on any atom is -0.481 e. The van der Waals surface area contributed by atoms with Crippen molar-refractivity contribution in [3.8, 4) is 0 Å². The number of aliphatic carboxylic acids is 1. The number of fused-ring (bicyclic) bond motifs is 1. The van der Waals surface area contributed by atoms with Crippen LogP contribution in [-0.4, -0.2) is 23.1 Å². The van der Waals surface area contributed by atoms with Crippen molar-refractivity contribution in [1.82, 2.24) is 0 Å². The summed E-state index contributed by atoms with van der Waals surface area (Å²) in [6, 6.07) is 0. The van der Waals surface area contributed by atoms with Crippen molar-refractivity contribution in [2.45, 2.75) is 65.9 Å². The lowest BCUT2D eigenvalue weighted by atomic mass is 9.46. The van der Waals surface area contributed by atoms with Crippen LogP contribution in [0.3, 0.4) is 0 Å². The molecule has 0 amide bonds. The maximum atomic E-state index is 12.2. The number of hydrogen-bond acceptors (Lipinski definition) is 3. The average molecular weight is 360 g/mol. The molecule has 2 aliphatic carbocycles. The summed E-state index contributed by atoms with van der Waals surface area (Å²) in [6.45, 7) is 15.5. The van der Waals surface area contributed by atoms with Gasteiger partial charge in [-0.15, -0.1) is 0 Å². The summed E-state index contributed by atoms with van der Waals surface area (Å²) in [4.78, 5) is 23.9. The van der Waals surface area contributed by atoms with Crippen LogP contribution in [0, 0.1) is 22.7 Å². The Morgan fingerprint density at radius 2 is 1.96 bits per heavy atom. The van der Waals surface area contributed by atoms with Gasteiger partial charge in [-0.3, -0.25) is 9.59 Å². The molecule has 2 saturated carbocycles. The molecule has 0 spiro atoms. The Hall–Kier alpha value is -1.84. The molecule has 2 aliphatic rings. The Bertz CT molecular complexity index is 647. The normalized spacial score (nSPS) is 37.6. The second-order valence-electron chi connectivity index (χ2n) is 8.51. The lowest BCUT2D eigenvalue weighted by Crippen LogP contribution is -2.59. The molecule has 0 heterocycles. The van der Waals surface area contributed by atoms with Crippen molar-refractivity contribution in [1.29, 1.82) is 0 Å². The van der Waals surface area contributed by atoms with E-state index >= 15 is 0 Å². The lowest BCUT2D eigenvalue weighted by Gasteiger charge is -2.59. The number of rotatable bonds is 5. The van der Waals surface area contributed by atoms with E-state index in [0.29, 0.717) is 12.8 Å². The first-order valence-corrected chi connectivity index (χ1v) is 9.43. The second-order valence-corrected chi connectivity index (χ2v) is 8.51. The van der Waals surface area contributed by atoms with Crippen LogP contribution in [0.25, 0.3) is 0 Å². The molecule has 0 aromatic rings. The first kappa shape index (κ1) is 20.5. The fraction of sp³-hybridized carbons (Fsp3) is 0.636. The molecule has 0 radical (unpaired) electrons. The molecule has 26 heavy (non-hydrogen) atoms. The summed E-state index contributed by atoms with van der Waals surface area (Å²) in [6.07, 6.45) is 7.30. The van der Waals surface area contributed by atoms with Gasteiger partial charge in [-0.1, -0.05) is 49.8 Å². The summed E-state index contributed by atoms with van der Waals surface area (Å²) >= 11 is 0. The van der Waals surface area contributed by atoms with Gasteiger partial charge in [0.2, 0.25) is 0 Å². The van der Waals surface area contributed by atoms with Gasteiger partial charge in [0, 0.05) is 19.3 Å². The highest BCUT2D eigenvalue weighted by molar-refractivity contribution is 5.75. The Balaban J connectivity index is 2.51. The lowest BCUT2D eigenvalue weighted by molar-refractivity contribution is -0.188. The van der Waals surface area contributed by atoms with Crippen molar-refractivity contribution >= 4 is 11.9 Å². The predicted molar refractivity (Wildman–Crippen MR) is 103 cm³/mol. The van der Waals surface area contributed by atoms with E-state index in [1.54, 1.807) is 0 Å². The molecular weight excluding hydrogens is 328 g/mol. The van der Waals surface area contributed by atoms with Crippen LogP contribution in [0.15, 0.2) is 36.5 Å². The van der Waals surface area contributed by atoms with Crippen LogP contribution < -0.4 is 0 Å². The Labute approximate surface area is 157 Å². The molecule has 0 aliphatic heterocycles. The maximum Gasteiger partial charge on any atom is 0.309 e. The zero-order valence-electron chi connectivity index (χ0n) is 16.5. The topological polar surface area (TPSA) is 63.6 Å². The van der Waals surface area contributed by atoms with Crippen LogP contribution >= 0.6 is 0 Å². The minimum absolute atomic E-state index is 0.174. The second kappa shape index (κ2) is 7.42. The van der Waals surface area contributed by atoms with Gasteiger partial charge < -0.3 is 9.84 Å². The molecule has 1 N–H and O–H groups in total. The molecule has 0 unspecified atom stereocenters. The third-order valence-corrected chi connectivity index (χ3v) is 6.74. The molecular formula is C22H32O4. The number of carboxylic acid groups (broad SMARTS) is 1. The Kier molecular flexibility index (Phi) is 5.84. The predicted octanol–water partition coefficient (Wildman–Crippen LogP) is 4.91. The van der Waals surface area contributed by atoms with Crippen molar-refractivity contribution in [2.24, 2.45) is 22.7 Å². The highest BCUT2D eigenvalue weighted by atomic mass is 16.5. The number of hydrogen-bond donors (Lipinski definition) is 1. The van der Waals surface area contributed by atoms with Gasteiger partial charge in [0.15, 0.2) is 0 Å². The van der Waals surface area contributed by atoms with Crippen LogP contribution in [0.4, 0.5) is 0 Å². The number of esters is 1. The highest BCUT2D eigenvalue weighted by Crippen LogP contribution is 2.62. The summed E-state index contributed by atoms with van der Waals surface area (Å²) in [5.74, 6) is -1.20. The van der Waals surface area contributed by atoms with Gasteiger partial charge in [-0.25, -0.2) is 0 Å². The quantitative estimate of drug-likeness (QED) is 0.430. The van der Waals surface area contributed by atoms with Crippen LogP contribution in [-0.2, 0) is 14.3 Å². The molecule has 4 heteroatoms. The first-order chi connectivity index (χ1) is 12.1. The number of carbonyl (C=O) groups excluding carboxylic acids is 1.